The highest BCUT2D eigenvalue weighted by atomic mass is 19.1. The Hall–Kier alpha value is -1.58. The molecule has 1 aromatic carbocycles. The van der Waals surface area contributed by atoms with Crippen molar-refractivity contribution < 1.29 is 14.3 Å². The van der Waals surface area contributed by atoms with Crippen molar-refractivity contribution in [1.29, 1.82) is 0 Å². The van der Waals surface area contributed by atoms with E-state index in [0.717, 1.165) is 18.9 Å². The lowest BCUT2D eigenvalue weighted by atomic mass is 9.84. The van der Waals surface area contributed by atoms with Gasteiger partial charge in [-0.15, -0.1) is 0 Å². The highest BCUT2D eigenvalue weighted by molar-refractivity contribution is 5.88. The highest BCUT2D eigenvalue weighted by Crippen LogP contribution is 2.29. The van der Waals surface area contributed by atoms with Crippen LogP contribution in [0.2, 0.25) is 0 Å². The van der Waals surface area contributed by atoms with Crippen LogP contribution in [0.4, 0.5) is 10.1 Å². The van der Waals surface area contributed by atoms with Gasteiger partial charge in [0.25, 0.3) is 0 Å². The average Bonchev–Trinajstić information content (AvgIpc) is 2.41. The summed E-state index contributed by atoms with van der Waals surface area (Å²) in [5.74, 6) is -0.875. The van der Waals surface area contributed by atoms with E-state index in [-0.39, 0.29) is 5.56 Å². The Balaban J connectivity index is 2.04. The fourth-order valence-electron chi connectivity index (χ4n) is 2.78. The molecule has 2 unspecified atom stereocenters. The van der Waals surface area contributed by atoms with Gasteiger partial charge in [-0.1, -0.05) is 26.2 Å². The fourth-order valence-corrected chi connectivity index (χ4v) is 2.78. The number of benzene rings is 1. The lowest BCUT2D eigenvalue weighted by molar-refractivity contribution is 0.0696. The largest absolute Gasteiger partial charge is 0.478 e. The summed E-state index contributed by atoms with van der Waals surface area (Å²) >= 11 is 0. The summed E-state index contributed by atoms with van der Waals surface area (Å²) in [5, 5.41) is 12.0. The van der Waals surface area contributed by atoms with Crippen LogP contribution >= 0.6 is 0 Å². The lowest BCUT2D eigenvalue weighted by Gasteiger charge is -2.30. The summed E-state index contributed by atoms with van der Waals surface area (Å²) in [4.78, 5) is 10.7. The van der Waals surface area contributed by atoms with Crippen LogP contribution in [-0.2, 0) is 0 Å². The smallest absolute Gasteiger partial charge is 0.335 e. The second-order valence-corrected chi connectivity index (χ2v) is 5.28. The molecule has 0 bridgehead atoms. The third-order valence-electron chi connectivity index (χ3n) is 3.94. The maximum Gasteiger partial charge on any atom is 0.335 e. The molecule has 0 spiro atoms. The molecule has 104 valence electrons. The fraction of sp³-hybridized carbons (Fsp3) is 0.533. The van der Waals surface area contributed by atoms with Crippen LogP contribution in [0.15, 0.2) is 18.2 Å². The first kappa shape index (κ1) is 13.8. The molecule has 1 aliphatic rings. The van der Waals surface area contributed by atoms with Gasteiger partial charge in [-0.2, -0.15) is 0 Å². The van der Waals surface area contributed by atoms with Gasteiger partial charge in [0.2, 0.25) is 0 Å². The Kier molecular flexibility index (Phi) is 4.40. The zero-order chi connectivity index (χ0) is 13.8. The number of hydrogen-bond acceptors (Lipinski definition) is 2. The van der Waals surface area contributed by atoms with Crippen molar-refractivity contribution in [3.63, 3.8) is 0 Å². The van der Waals surface area contributed by atoms with Gasteiger partial charge in [-0.25, -0.2) is 9.18 Å². The second kappa shape index (κ2) is 6.04. The minimum absolute atomic E-state index is 0.0156. The molecule has 0 heterocycles. The van der Waals surface area contributed by atoms with Crippen molar-refractivity contribution in [2.24, 2.45) is 5.92 Å². The maximum absolute atomic E-state index is 13.8. The monoisotopic (exact) mass is 265 g/mol. The number of anilines is 1. The maximum atomic E-state index is 13.8. The van der Waals surface area contributed by atoms with Crippen LogP contribution in [0.5, 0.6) is 0 Å². The summed E-state index contributed by atoms with van der Waals surface area (Å²) in [6.45, 7) is 2.19. The topological polar surface area (TPSA) is 49.3 Å². The Morgan fingerprint density at radius 1 is 1.47 bits per heavy atom. The van der Waals surface area contributed by atoms with Gasteiger partial charge >= 0.3 is 5.97 Å². The molecule has 0 radical (unpaired) electrons. The Labute approximate surface area is 112 Å². The molecule has 0 amide bonds. The normalized spacial score (nSPS) is 23.1. The van der Waals surface area contributed by atoms with E-state index < -0.39 is 11.8 Å². The van der Waals surface area contributed by atoms with Gasteiger partial charge in [0.05, 0.1) is 11.3 Å². The van der Waals surface area contributed by atoms with E-state index in [9.17, 15) is 9.18 Å². The molecular formula is C15H20FNO2. The third-order valence-corrected chi connectivity index (χ3v) is 3.94. The predicted octanol–water partition coefficient (Wildman–Crippen LogP) is 3.90. The predicted molar refractivity (Wildman–Crippen MR) is 73.0 cm³/mol. The SMILES string of the molecule is CCC1CCCC(Nc2ccc(C(=O)O)cc2F)C1. The molecule has 2 rings (SSSR count). The number of nitrogens with one attached hydrogen (secondary N) is 1. The first-order valence-corrected chi connectivity index (χ1v) is 6.89. The number of rotatable bonds is 4. The van der Waals surface area contributed by atoms with Crippen molar-refractivity contribution in [2.75, 3.05) is 5.32 Å². The number of halogens is 1. The molecule has 2 N–H and O–H groups in total. The number of aromatic carboxylic acids is 1. The summed E-state index contributed by atoms with van der Waals surface area (Å²) in [6.07, 6.45) is 5.71. The van der Waals surface area contributed by atoms with Gasteiger partial charge in [0.15, 0.2) is 0 Å². The molecule has 1 saturated carbocycles. The van der Waals surface area contributed by atoms with Crippen molar-refractivity contribution >= 4 is 11.7 Å². The molecule has 0 aliphatic heterocycles. The Morgan fingerprint density at radius 3 is 2.89 bits per heavy atom. The van der Waals surface area contributed by atoms with Crippen LogP contribution in [0.1, 0.15) is 49.4 Å². The van der Waals surface area contributed by atoms with Gasteiger partial charge in [0, 0.05) is 6.04 Å². The van der Waals surface area contributed by atoms with E-state index in [1.165, 1.54) is 31.4 Å². The average molecular weight is 265 g/mol. The van der Waals surface area contributed by atoms with Gasteiger partial charge in [-0.3, -0.25) is 0 Å². The second-order valence-electron chi connectivity index (χ2n) is 5.28. The Bertz CT molecular complexity index is 461. The summed E-state index contributed by atoms with van der Waals surface area (Å²) in [5.41, 5.74) is 0.393. The minimum Gasteiger partial charge on any atom is -0.478 e. The summed E-state index contributed by atoms with van der Waals surface area (Å²) in [6, 6.07) is 4.33. The van der Waals surface area contributed by atoms with Gasteiger partial charge in [0.1, 0.15) is 5.82 Å². The molecule has 0 saturated heterocycles. The molecule has 1 fully saturated rings. The number of carbonyl (C=O) groups is 1. The zero-order valence-corrected chi connectivity index (χ0v) is 11.2. The van der Waals surface area contributed by atoms with E-state index in [0.29, 0.717) is 17.6 Å². The quantitative estimate of drug-likeness (QED) is 0.868. The molecule has 1 aromatic rings. The molecule has 4 heteroatoms. The van der Waals surface area contributed by atoms with Gasteiger partial charge < -0.3 is 10.4 Å². The summed E-state index contributed by atoms with van der Waals surface area (Å²) < 4.78 is 13.8. The molecule has 2 atom stereocenters. The number of carboxylic acids is 1. The van der Waals surface area contributed by atoms with Crippen LogP contribution in [0.3, 0.4) is 0 Å². The van der Waals surface area contributed by atoms with Crippen molar-refractivity contribution in [2.45, 2.75) is 45.1 Å². The van der Waals surface area contributed by atoms with Crippen LogP contribution < -0.4 is 5.32 Å². The van der Waals surface area contributed by atoms with Gasteiger partial charge in [-0.05, 0) is 37.0 Å². The number of hydrogen-bond donors (Lipinski definition) is 2. The van der Waals surface area contributed by atoms with Crippen LogP contribution in [0, 0.1) is 11.7 Å². The lowest BCUT2D eigenvalue weighted by Crippen LogP contribution is -2.27. The van der Waals surface area contributed by atoms with Crippen LogP contribution in [-0.4, -0.2) is 17.1 Å². The standard InChI is InChI=1S/C15H20FNO2/c1-2-10-4-3-5-12(8-10)17-14-7-6-11(15(18)19)9-13(14)16/h6-7,9-10,12,17H,2-5,8H2,1H3,(H,18,19). The van der Waals surface area contributed by atoms with Crippen molar-refractivity contribution in [3.8, 4) is 0 Å². The van der Waals surface area contributed by atoms with E-state index in [4.69, 9.17) is 5.11 Å². The molecule has 0 aromatic heterocycles. The van der Waals surface area contributed by atoms with E-state index >= 15 is 0 Å². The third kappa shape index (κ3) is 3.46. The van der Waals surface area contributed by atoms with Crippen LogP contribution in [0.25, 0.3) is 0 Å². The van der Waals surface area contributed by atoms with E-state index in [2.05, 4.69) is 12.2 Å². The first-order chi connectivity index (χ1) is 9.10. The van der Waals surface area contributed by atoms with E-state index in [1.54, 1.807) is 0 Å². The number of carboxylic acid groups (broad SMARTS) is 1. The van der Waals surface area contributed by atoms with E-state index in [1.807, 2.05) is 0 Å². The summed E-state index contributed by atoms with van der Waals surface area (Å²) in [7, 11) is 0. The van der Waals surface area contributed by atoms with Crippen molar-refractivity contribution in [1.82, 2.24) is 0 Å². The molecule has 3 nitrogen and oxygen atoms in total. The molecule has 19 heavy (non-hydrogen) atoms. The first-order valence-electron chi connectivity index (χ1n) is 6.89. The zero-order valence-electron chi connectivity index (χ0n) is 11.2. The Morgan fingerprint density at radius 2 is 2.26 bits per heavy atom. The van der Waals surface area contributed by atoms with Crippen molar-refractivity contribution in [3.05, 3.63) is 29.6 Å². The highest BCUT2D eigenvalue weighted by Gasteiger charge is 2.21. The minimum atomic E-state index is -1.10. The molecular weight excluding hydrogens is 245 g/mol. The molecule has 1 aliphatic carbocycles.